The van der Waals surface area contributed by atoms with Gasteiger partial charge in [0.15, 0.2) is 0 Å². The van der Waals surface area contributed by atoms with E-state index in [4.69, 9.17) is 5.73 Å². The van der Waals surface area contributed by atoms with E-state index in [1.807, 2.05) is 13.0 Å². The fraction of sp³-hybridized carbons (Fsp3) is 0.308. The van der Waals surface area contributed by atoms with Gasteiger partial charge in [-0.2, -0.15) is 11.3 Å². The fourth-order valence-electron chi connectivity index (χ4n) is 1.71. The summed E-state index contributed by atoms with van der Waals surface area (Å²) in [5.74, 6) is 0.888. The van der Waals surface area contributed by atoms with Crippen LogP contribution in [0.4, 0.5) is 11.5 Å². The smallest absolute Gasteiger partial charge is 0.126 e. The van der Waals surface area contributed by atoms with Crippen LogP contribution in [-0.4, -0.2) is 11.0 Å². The molecule has 0 aliphatic rings. The van der Waals surface area contributed by atoms with Crippen molar-refractivity contribution in [3.8, 4) is 0 Å². The Bertz CT molecular complexity index is 479. The molecule has 90 valence electrons. The van der Waals surface area contributed by atoms with Crippen molar-refractivity contribution >= 4 is 22.8 Å². The first-order valence-electron chi connectivity index (χ1n) is 5.65. The fourth-order valence-corrected chi connectivity index (χ4v) is 2.39. The average Bonchev–Trinajstić information content (AvgIpc) is 2.76. The topological polar surface area (TPSA) is 50.9 Å². The van der Waals surface area contributed by atoms with E-state index in [0.717, 1.165) is 23.5 Å². The number of hydrogen-bond donors (Lipinski definition) is 2. The molecule has 0 bridgehead atoms. The summed E-state index contributed by atoms with van der Waals surface area (Å²) in [6.07, 6.45) is 2.71. The van der Waals surface area contributed by atoms with Gasteiger partial charge in [0, 0.05) is 6.04 Å². The van der Waals surface area contributed by atoms with Gasteiger partial charge in [0.05, 0.1) is 11.9 Å². The Morgan fingerprint density at radius 3 is 3.00 bits per heavy atom. The Morgan fingerprint density at radius 2 is 2.35 bits per heavy atom. The van der Waals surface area contributed by atoms with Crippen molar-refractivity contribution in [1.82, 2.24) is 4.98 Å². The Labute approximate surface area is 106 Å². The van der Waals surface area contributed by atoms with Gasteiger partial charge in [-0.3, -0.25) is 0 Å². The van der Waals surface area contributed by atoms with Gasteiger partial charge in [0.2, 0.25) is 0 Å². The predicted molar refractivity (Wildman–Crippen MR) is 74.5 cm³/mol. The quantitative estimate of drug-likeness (QED) is 0.873. The number of nitrogens with zero attached hydrogens (tertiary/aromatic N) is 1. The van der Waals surface area contributed by atoms with E-state index in [2.05, 4.69) is 34.1 Å². The summed E-state index contributed by atoms with van der Waals surface area (Å²) >= 11 is 1.73. The molecule has 3 nitrogen and oxygen atoms in total. The maximum Gasteiger partial charge on any atom is 0.126 e. The van der Waals surface area contributed by atoms with Crippen LogP contribution in [0.2, 0.25) is 0 Å². The van der Waals surface area contributed by atoms with Crippen LogP contribution in [0.25, 0.3) is 0 Å². The van der Waals surface area contributed by atoms with Crippen molar-refractivity contribution in [2.24, 2.45) is 0 Å². The molecule has 1 atom stereocenters. The number of aromatic nitrogens is 1. The molecule has 0 spiro atoms. The zero-order valence-corrected chi connectivity index (χ0v) is 10.9. The van der Waals surface area contributed by atoms with E-state index in [-0.39, 0.29) is 0 Å². The summed E-state index contributed by atoms with van der Waals surface area (Å²) in [6, 6.07) is 4.50. The molecule has 0 radical (unpaired) electrons. The van der Waals surface area contributed by atoms with Crippen molar-refractivity contribution in [3.05, 3.63) is 40.2 Å². The first kappa shape index (κ1) is 11.9. The average molecular weight is 247 g/mol. The minimum Gasteiger partial charge on any atom is -0.397 e. The zero-order chi connectivity index (χ0) is 12.3. The second-order valence-corrected chi connectivity index (χ2v) is 5.09. The number of nitrogens with one attached hydrogen (secondary N) is 1. The number of pyridine rings is 1. The number of hydrogen-bond acceptors (Lipinski definition) is 4. The third-order valence-electron chi connectivity index (χ3n) is 2.67. The molecule has 2 aromatic rings. The minimum absolute atomic E-state index is 0.361. The number of anilines is 2. The monoisotopic (exact) mass is 247 g/mol. The standard InChI is InChI=1S/C13H17N3S/c1-9-5-13(15-7-12(9)14)16-10(2)6-11-3-4-17-8-11/h3-5,7-8,10H,6,14H2,1-2H3,(H,15,16). The van der Waals surface area contributed by atoms with Crippen LogP contribution in [-0.2, 0) is 6.42 Å². The minimum atomic E-state index is 0.361. The van der Waals surface area contributed by atoms with E-state index in [1.54, 1.807) is 17.5 Å². The van der Waals surface area contributed by atoms with Gasteiger partial charge in [0.25, 0.3) is 0 Å². The molecular formula is C13H17N3S. The summed E-state index contributed by atoms with van der Waals surface area (Å²) in [7, 11) is 0. The largest absolute Gasteiger partial charge is 0.397 e. The number of aryl methyl sites for hydroxylation is 1. The third-order valence-corrected chi connectivity index (χ3v) is 3.40. The summed E-state index contributed by atoms with van der Waals surface area (Å²) < 4.78 is 0. The third kappa shape index (κ3) is 3.20. The normalized spacial score (nSPS) is 12.4. The molecular weight excluding hydrogens is 230 g/mol. The molecule has 0 saturated heterocycles. The SMILES string of the molecule is Cc1cc(NC(C)Cc2ccsc2)ncc1N. The van der Waals surface area contributed by atoms with Gasteiger partial charge in [-0.25, -0.2) is 4.98 Å². The number of rotatable bonds is 4. The zero-order valence-electron chi connectivity index (χ0n) is 10.1. The molecule has 2 rings (SSSR count). The molecule has 17 heavy (non-hydrogen) atoms. The van der Waals surface area contributed by atoms with Crippen LogP contribution in [0.1, 0.15) is 18.1 Å². The van der Waals surface area contributed by atoms with Gasteiger partial charge in [-0.05, 0) is 54.3 Å². The van der Waals surface area contributed by atoms with Gasteiger partial charge >= 0.3 is 0 Å². The summed E-state index contributed by atoms with van der Waals surface area (Å²) in [6.45, 7) is 4.15. The molecule has 3 N–H and O–H groups in total. The van der Waals surface area contributed by atoms with Crippen LogP contribution < -0.4 is 11.1 Å². The molecule has 1 unspecified atom stereocenters. The molecule has 2 aromatic heterocycles. The lowest BCUT2D eigenvalue weighted by atomic mass is 10.1. The lowest BCUT2D eigenvalue weighted by Crippen LogP contribution is -2.18. The first-order valence-corrected chi connectivity index (χ1v) is 6.59. The van der Waals surface area contributed by atoms with Crippen molar-refractivity contribution in [2.75, 3.05) is 11.1 Å². The van der Waals surface area contributed by atoms with Gasteiger partial charge < -0.3 is 11.1 Å². The molecule has 0 aromatic carbocycles. The van der Waals surface area contributed by atoms with Gasteiger partial charge in [-0.15, -0.1) is 0 Å². The van der Waals surface area contributed by atoms with Crippen molar-refractivity contribution in [2.45, 2.75) is 26.3 Å². The van der Waals surface area contributed by atoms with E-state index in [9.17, 15) is 0 Å². The summed E-state index contributed by atoms with van der Waals surface area (Å²) in [4.78, 5) is 4.27. The van der Waals surface area contributed by atoms with E-state index >= 15 is 0 Å². The Balaban J connectivity index is 1.98. The summed E-state index contributed by atoms with van der Waals surface area (Å²) in [5, 5.41) is 7.67. The highest BCUT2D eigenvalue weighted by Crippen LogP contribution is 2.15. The number of nitrogens with two attached hydrogens (primary N) is 1. The molecule has 0 fully saturated rings. The van der Waals surface area contributed by atoms with E-state index in [0.29, 0.717) is 6.04 Å². The van der Waals surface area contributed by atoms with Crippen LogP contribution in [0.15, 0.2) is 29.1 Å². The Hall–Kier alpha value is -1.55. The molecule has 0 amide bonds. The molecule has 4 heteroatoms. The van der Waals surface area contributed by atoms with Crippen LogP contribution in [0, 0.1) is 6.92 Å². The highest BCUT2D eigenvalue weighted by molar-refractivity contribution is 7.07. The lowest BCUT2D eigenvalue weighted by molar-refractivity contribution is 0.787. The van der Waals surface area contributed by atoms with Gasteiger partial charge in [-0.1, -0.05) is 0 Å². The molecule has 0 saturated carbocycles. The van der Waals surface area contributed by atoms with Crippen LogP contribution in [0.5, 0.6) is 0 Å². The predicted octanol–water partition coefficient (Wildman–Crippen LogP) is 3.08. The lowest BCUT2D eigenvalue weighted by Gasteiger charge is -2.14. The number of nitrogen functional groups attached to an aromatic ring is 1. The maximum absolute atomic E-state index is 5.74. The number of thiophene rings is 1. The van der Waals surface area contributed by atoms with E-state index in [1.165, 1.54) is 5.56 Å². The van der Waals surface area contributed by atoms with E-state index < -0.39 is 0 Å². The maximum atomic E-state index is 5.74. The van der Waals surface area contributed by atoms with Crippen molar-refractivity contribution < 1.29 is 0 Å². The van der Waals surface area contributed by atoms with Crippen molar-refractivity contribution in [3.63, 3.8) is 0 Å². The first-order chi connectivity index (χ1) is 8.15. The highest BCUT2D eigenvalue weighted by Gasteiger charge is 2.05. The summed E-state index contributed by atoms with van der Waals surface area (Å²) in [5.41, 5.74) is 8.90. The Morgan fingerprint density at radius 1 is 1.53 bits per heavy atom. The Kier molecular flexibility index (Phi) is 3.64. The second-order valence-electron chi connectivity index (χ2n) is 4.31. The second kappa shape index (κ2) is 5.19. The molecule has 0 aliphatic carbocycles. The molecule has 2 heterocycles. The highest BCUT2D eigenvalue weighted by atomic mass is 32.1. The molecule has 0 aliphatic heterocycles. The van der Waals surface area contributed by atoms with Crippen LogP contribution in [0.3, 0.4) is 0 Å². The van der Waals surface area contributed by atoms with Crippen LogP contribution >= 0.6 is 11.3 Å². The van der Waals surface area contributed by atoms with Gasteiger partial charge in [0.1, 0.15) is 5.82 Å². The van der Waals surface area contributed by atoms with Crippen molar-refractivity contribution in [1.29, 1.82) is 0 Å².